The molecule has 8 heteroatoms. The smallest absolute Gasteiger partial charge is 0.313 e. The molecular formula is C9H9N3O3S2. The van der Waals surface area contributed by atoms with Crippen LogP contribution in [0.25, 0.3) is 10.6 Å². The quantitative estimate of drug-likeness (QED) is 0.850. The second-order valence-electron chi connectivity index (χ2n) is 3.25. The van der Waals surface area contributed by atoms with Crippen molar-refractivity contribution < 1.29 is 14.4 Å². The van der Waals surface area contributed by atoms with Crippen LogP contribution < -0.4 is 0 Å². The van der Waals surface area contributed by atoms with Crippen molar-refractivity contribution in [2.45, 2.75) is 18.2 Å². The van der Waals surface area contributed by atoms with Gasteiger partial charge in [-0.15, -0.1) is 10.2 Å². The summed E-state index contributed by atoms with van der Waals surface area (Å²) in [4.78, 5) is 10.4. The number of hydrogen-bond acceptors (Lipinski definition) is 7. The van der Waals surface area contributed by atoms with Gasteiger partial charge in [0.1, 0.15) is 5.76 Å². The van der Waals surface area contributed by atoms with Crippen molar-refractivity contribution in [1.82, 2.24) is 15.4 Å². The number of aliphatic carboxylic acids is 1. The van der Waals surface area contributed by atoms with E-state index < -0.39 is 5.97 Å². The van der Waals surface area contributed by atoms with E-state index in [9.17, 15) is 4.79 Å². The third-order valence-corrected chi connectivity index (χ3v) is 4.03. The molecule has 0 fully saturated rings. The molecule has 6 nitrogen and oxygen atoms in total. The lowest BCUT2D eigenvalue weighted by molar-refractivity contribution is -0.133. The number of rotatable bonds is 4. The highest BCUT2D eigenvalue weighted by molar-refractivity contribution is 8.01. The van der Waals surface area contributed by atoms with E-state index in [0.29, 0.717) is 15.1 Å². The molecule has 1 N–H and O–H groups in total. The number of aryl methyl sites for hydroxylation is 2. The third-order valence-electron chi connectivity index (χ3n) is 1.97. The van der Waals surface area contributed by atoms with Gasteiger partial charge in [0.2, 0.25) is 0 Å². The van der Waals surface area contributed by atoms with E-state index in [0.717, 1.165) is 23.0 Å². The maximum atomic E-state index is 10.4. The molecule has 2 aromatic rings. The van der Waals surface area contributed by atoms with Gasteiger partial charge in [-0.25, -0.2) is 0 Å². The first kappa shape index (κ1) is 12.1. The third kappa shape index (κ3) is 2.64. The zero-order valence-electron chi connectivity index (χ0n) is 9.13. The van der Waals surface area contributed by atoms with Crippen LogP contribution >= 0.6 is 23.1 Å². The van der Waals surface area contributed by atoms with Gasteiger partial charge in [0.15, 0.2) is 9.35 Å². The van der Waals surface area contributed by atoms with Gasteiger partial charge in [-0.05, 0) is 13.8 Å². The Morgan fingerprint density at radius 2 is 2.24 bits per heavy atom. The number of nitrogens with zero attached hydrogens (tertiary/aromatic N) is 3. The summed E-state index contributed by atoms with van der Waals surface area (Å²) in [6.45, 7) is 3.64. The Morgan fingerprint density at radius 1 is 1.47 bits per heavy atom. The van der Waals surface area contributed by atoms with E-state index in [1.807, 2.05) is 6.92 Å². The molecule has 0 amide bonds. The van der Waals surface area contributed by atoms with Crippen LogP contribution in [0.4, 0.5) is 0 Å². The summed E-state index contributed by atoms with van der Waals surface area (Å²) in [5, 5.41) is 21.0. The first-order valence-electron chi connectivity index (χ1n) is 4.69. The van der Waals surface area contributed by atoms with Crippen LogP contribution in [0, 0.1) is 13.8 Å². The van der Waals surface area contributed by atoms with Gasteiger partial charge in [-0.3, -0.25) is 4.79 Å². The summed E-state index contributed by atoms with van der Waals surface area (Å²) in [7, 11) is 0. The molecule has 0 aliphatic heterocycles. The highest BCUT2D eigenvalue weighted by Gasteiger charge is 2.16. The van der Waals surface area contributed by atoms with E-state index in [2.05, 4.69) is 15.4 Å². The molecule has 0 unspecified atom stereocenters. The van der Waals surface area contributed by atoms with Crippen molar-refractivity contribution in [3.8, 4) is 10.6 Å². The van der Waals surface area contributed by atoms with Crippen molar-refractivity contribution in [2.75, 3.05) is 5.75 Å². The van der Waals surface area contributed by atoms with E-state index in [4.69, 9.17) is 9.63 Å². The number of carbonyl (C=O) groups is 1. The molecule has 0 aliphatic rings. The van der Waals surface area contributed by atoms with E-state index in [1.165, 1.54) is 11.3 Å². The predicted octanol–water partition coefficient (Wildman–Crippen LogP) is 1.99. The SMILES string of the molecule is Cc1noc(C)c1-c1nnc(SCC(=O)O)s1. The molecule has 0 saturated carbocycles. The zero-order valence-corrected chi connectivity index (χ0v) is 10.8. The molecule has 0 aliphatic carbocycles. The van der Waals surface area contributed by atoms with Gasteiger partial charge >= 0.3 is 5.97 Å². The molecule has 17 heavy (non-hydrogen) atoms. The fraction of sp³-hybridized carbons (Fsp3) is 0.333. The molecule has 2 rings (SSSR count). The predicted molar refractivity (Wildman–Crippen MR) is 63.2 cm³/mol. The molecule has 0 radical (unpaired) electrons. The molecule has 0 bridgehead atoms. The summed E-state index contributed by atoms with van der Waals surface area (Å²) in [5.41, 5.74) is 1.60. The Kier molecular flexibility index (Phi) is 3.43. The molecule has 0 saturated heterocycles. The van der Waals surface area contributed by atoms with Crippen LogP contribution in [0.5, 0.6) is 0 Å². The molecule has 0 spiro atoms. The fourth-order valence-corrected chi connectivity index (χ4v) is 3.00. The molecule has 0 aromatic carbocycles. The van der Waals surface area contributed by atoms with E-state index in [-0.39, 0.29) is 5.75 Å². The Hall–Kier alpha value is -1.41. The average Bonchev–Trinajstić information content (AvgIpc) is 2.83. The number of carboxylic acids is 1. The van der Waals surface area contributed by atoms with Crippen molar-refractivity contribution >= 4 is 29.1 Å². The first-order chi connectivity index (χ1) is 8.08. The standard InChI is InChI=1S/C9H9N3O3S2/c1-4-7(5(2)15-12-4)8-10-11-9(17-8)16-3-6(13)14/h3H2,1-2H3,(H,13,14). The summed E-state index contributed by atoms with van der Waals surface area (Å²) >= 11 is 2.49. The minimum atomic E-state index is -0.871. The van der Waals surface area contributed by atoms with Gasteiger partial charge < -0.3 is 9.63 Å². The average molecular weight is 271 g/mol. The highest BCUT2D eigenvalue weighted by Crippen LogP contribution is 2.32. The maximum absolute atomic E-state index is 10.4. The summed E-state index contributed by atoms with van der Waals surface area (Å²) in [6.07, 6.45) is 0. The lowest BCUT2D eigenvalue weighted by Gasteiger charge is -1.90. The van der Waals surface area contributed by atoms with Crippen LogP contribution in [-0.4, -0.2) is 32.2 Å². The van der Waals surface area contributed by atoms with Crippen molar-refractivity contribution in [3.05, 3.63) is 11.5 Å². The van der Waals surface area contributed by atoms with Gasteiger partial charge in [-0.1, -0.05) is 28.3 Å². The topological polar surface area (TPSA) is 89.1 Å². The second kappa shape index (κ2) is 4.84. The summed E-state index contributed by atoms with van der Waals surface area (Å²) in [6, 6.07) is 0. The van der Waals surface area contributed by atoms with Crippen LogP contribution in [0.2, 0.25) is 0 Å². The molecular weight excluding hydrogens is 262 g/mol. The second-order valence-corrected chi connectivity index (χ2v) is 5.45. The van der Waals surface area contributed by atoms with E-state index in [1.54, 1.807) is 6.92 Å². The number of hydrogen-bond donors (Lipinski definition) is 1. The van der Waals surface area contributed by atoms with Crippen LogP contribution in [-0.2, 0) is 4.79 Å². The maximum Gasteiger partial charge on any atom is 0.313 e. The first-order valence-corrected chi connectivity index (χ1v) is 6.49. The minimum Gasteiger partial charge on any atom is -0.481 e. The summed E-state index contributed by atoms with van der Waals surface area (Å²) in [5.74, 6) is -0.200. The zero-order chi connectivity index (χ0) is 12.4. The van der Waals surface area contributed by atoms with Crippen molar-refractivity contribution in [1.29, 1.82) is 0 Å². The monoisotopic (exact) mass is 271 g/mol. The minimum absolute atomic E-state index is 0.0176. The summed E-state index contributed by atoms with van der Waals surface area (Å²) < 4.78 is 5.67. The normalized spacial score (nSPS) is 10.7. The van der Waals surface area contributed by atoms with Crippen LogP contribution in [0.3, 0.4) is 0 Å². The molecule has 0 atom stereocenters. The Morgan fingerprint density at radius 3 is 2.82 bits per heavy atom. The van der Waals surface area contributed by atoms with Crippen LogP contribution in [0.1, 0.15) is 11.5 Å². The van der Waals surface area contributed by atoms with Gasteiger partial charge in [0.25, 0.3) is 0 Å². The largest absolute Gasteiger partial charge is 0.481 e. The van der Waals surface area contributed by atoms with E-state index >= 15 is 0 Å². The molecule has 90 valence electrons. The lowest BCUT2D eigenvalue weighted by Crippen LogP contribution is -1.96. The fourth-order valence-electron chi connectivity index (χ4n) is 1.28. The number of aromatic nitrogens is 3. The van der Waals surface area contributed by atoms with Gasteiger partial charge in [0.05, 0.1) is 17.0 Å². The van der Waals surface area contributed by atoms with Crippen molar-refractivity contribution in [2.24, 2.45) is 0 Å². The van der Waals surface area contributed by atoms with Gasteiger partial charge in [0, 0.05) is 0 Å². The van der Waals surface area contributed by atoms with Crippen molar-refractivity contribution in [3.63, 3.8) is 0 Å². The molecule has 2 aromatic heterocycles. The Balaban J connectivity index is 2.21. The lowest BCUT2D eigenvalue weighted by atomic mass is 10.2. The van der Waals surface area contributed by atoms with Crippen LogP contribution in [0.15, 0.2) is 8.86 Å². The highest BCUT2D eigenvalue weighted by atomic mass is 32.2. The number of carboxylic acid groups (broad SMARTS) is 1. The Bertz CT molecular complexity index is 530. The molecule has 2 heterocycles. The van der Waals surface area contributed by atoms with Gasteiger partial charge in [-0.2, -0.15) is 0 Å². The number of thioether (sulfide) groups is 1. The Labute approximate surface area is 105 Å².